The maximum atomic E-state index is 12.5. The minimum atomic E-state index is -0.433. The second-order valence-corrected chi connectivity index (χ2v) is 6.58. The number of anilines is 1. The fraction of sp³-hybridized carbons (Fsp3) is 0.150. The van der Waals surface area contributed by atoms with E-state index in [9.17, 15) is 14.7 Å². The first-order valence-electron chi connectivity index (χ1n) is 8.99. The molecule has 3 aromatic rings. The molecule has 1 heterocycles. The van der Waals surface area contributed by atoms with Crippen LogP contribution in [0, 0.1) is 0 Å². The predicted octanol–water partition coefficient (Wildman–Crippen LogP) is 3.49. The largest absolute Gasteiger partial charge is 0.493 e. The van der Waals surface area contributed by atoms with E-state index in [2.05, 4.69) is 27.8 Å². The summed E-state index contributed by atoms with van der Waals surface area (Å²) in [4.78, 5) is 24.3. The molecule has 1 amide bonds. The first-order valence-corrected chi connectivity index (χ1v) is 9.40. The Morgan fingerprint density at radius 3 is 2.57 bits per heavy atom. The van der Waals surface area contributed by atoms with Gasteiger partial charge in [-0.3, -0.25) is 4.79 Å². The van der Waals surface area contributed by atoms with Gasteiger partial charge >= 0.3 is 5.97 Å². The van der Waals surface area contributed by atoms with Gasteiger partial charge in [-0.2, -0.15) is 0 Å². The molecule has 30 heavy (non-hydrogen) atoms. The van der Waals surface area contributed by atoms with Gasteiger partial charge < -0.3 is 25.5 Å². The molecule has 2 aromatic carbocycles. The molecule has 0 saturated carbocycles. The highest BCUT2D eigenvalue weighted by atomic mass is 32.1. The Kier molecular flexibility index (Phi) is 6.38. The molecule has 0 fully saturated rings. The van der Waals surface area contributed by atoms with E-state index >= 15 is 0 Å². The summed E-state index contributed by atoms with van der Waals surface area (Å²) in [7, 11) is 0. The third-order valence-electron chi connectivity index (χ3n) is 4.15. The van der Waals surface area contributed by atoms with Crippen LogP contribution in [0.1, 0.15) is 17.3 Å². The molecular weight excluding hydrogens is 406 g/mol. The molecule has 9 nitrogen and oxygen atoms in total. The Bertz CT molecular complexity index is 1140. The van der Waals surface area contributed by atoms with E-state index in [-0.39, 0.29) is 35.7 Å². The predicted molar refractivity (Wildman–Crippen MR) is 116 cm³/mol. The van der Waals surface area contributed by atoms with Gasteiger partial charge in [0, 0.05) is 11.1 Å². The van der Waals surface area contributed by atoms with Crippen molar-refractivity contribution in [2.24, 2.45) is 16.0 Å². The van der Waals surface area contributed by atoms with Gasteiger partial charge in [-0.05, 0) is 49.5 Å². The monoisotopic (exact) mass is 425 g/mol. The van der Waals surface area contributed by atoms with Gasteiger partial charge in [0.1, 0.15) is 6.54 Å². The van der Waals surface area contributed by atoms with E-state index in [1.807, 2.05) is 0 Å². The Labute approximate surface area is 177 Å². The number of hydrogen-bond acceptors (Lipinski definition) is 6. The van der Waals surface area contributed by atoms with Crippen molar-refractivity contribution in [2.75, 3.05) is 11.9 Å². The average molecular weight is 425 g/mol. The van der Waals surface area contributed by atoms with Crippen LogP contribution in [0.15, 0.2) is 58.8 Å². The second kappa shape index (κ2) is 9.14. The number of azo groups is 1. The lowest BCUT2D eigenvalue weighted by Gasteiger charge is -2.09. The SMILES string of the molecule is CCOC(=O)c1ccc(NC(=O)Cn2c(O)c(N=NC(N)=S)c3ccccc32)cc1. The Hall–Kier alpha value is -3.79. The summed E-state index contributed by atoms with van der Waals surface area (Å²) in [6.45, 7) is 1.84. The number of thiocarbonyl (C=S) groups is 1. The first kappa shape index (κ1) is 20.9. The minimum Gasteiger partial charge on any atom is -0.493 e. The number of aromatic nitrogens is 1. The van der Waals surface area contributed by atoms with E-state index in [4.69, 9.17) is 10.5 Å². The molecule has 0 bridgehead atoms. The molecule has 0 aliphatic carbocycles. The number of carbonyl (C=O) groups is 2. The summed E-state index contributed by atoms with van der Waals surface area (Å²) in [6.07, 6.45) is 0. The van der Waals surface area contributed by atoms with Crippen LogP contribution in [0.25, 0.3) is 10.9 Å². The standard InChI is InChI=1S/C20H19N5O4S/c1-2-29-19(28)12-7-9-13(10-8-12)22-16(26)11-25-15-6-4-3-5-14(15)17(18(25)27)23-24-20(21)30/h3-10,27H,2,11H2,1H3,(H2,21,30)(H,22,26). The van der Waals surface area contributed by atoms with Crippen molar-refractivity contribution in [3.05, 3.63) is 54.1 Å². The third-order valence-corrected chi connectivity index (χ3v) is 4.23. The van der Waals surface area contributed by atoms with Gasteiger partial charge in [0.2, 0.25) is 16.9 Å². The van der Waals surface area contributed by atoms with Gasteiger partial charge in [0.05, 0.1) is 17.7 Å². The summed E-state index contributed by atoms with van der Waals surface area (Å²) in [5.41, 5.74) is 7.00. The topological polar surface area (TPSA) is 131 Å². The number of para-hydroxylation sites is 1. The quantitative estimate of drug-likeness (QED) is 0.315. The van der Waals surface area contributed by atoms with Crippen molar-refractivity contribution < 1.29 is 19.4 Å². The number of fused-ring (bicyclic) bond motifs is 1. The zero-order valence-electron chi connectivity index (χ0n) is 16.0. The lowest BCUT2D eigenvalue weighted by Crippen LogP contribution is -2.18. The number of nitrogens with zero attached hydrogens (tertiary/aromatic N) is 3. The van der Waals surface area contributed by atoms with Gasteiger partial charge in [-0.15, -0.1) is 10.2 Å². The van der Waals surface area contributed by atoms with Crippen molar-refractivity contribution in [1.82, 2.24) is 4.57 Å². The van der Waals surface area contributed by atoms with Crippen molar-refractivity contribution in [3.8, 4) is 5.88 Å². The molecule has 0 unspecified atom stereocenters. The van der Waals surface area contributed by atoms with Gasteiger partial charge in [-0.25, -0.2) is 4.79 Å². The molecule has 154 valence electrons. The number of benzene rings is 2. The van der Waals surface area contributed by atoms with Crippen LogP contribution in [0.5, 0.6) is 5.88 Å². The smallest absolute Gasteiger partial charge is 0.338 e. The normalized spacial score (nSPS) is 11.0. The van der Waals surface area contributed by atoms with E-state index in [0.717, 1.165) is 0 Å². The van der Waals surface area contributed by atoms with Crippen LogP contribution in [0.2, 0.25) is 0 Å². The zero-order valence-corrected chi connectivity index (χ0v) is 16.8. The number of amides is 1. The van der Waals surface area contributed by atoms with E-state index < -0.39 is 5.97 Å². The molecule has 0 radical (unpaired) electrons. The molecular formula is C20H19N5O4S. The summed E-state index contributed by atoms with van der Waals surface area (Å²) >= 11 is 4.69. The lowest BCUT2D eigenvalue weighted by molar-refractivity contribution is -0.116. The van der Waals surface area contributed by atoms with E-state index in [1.54, 1.807) is 55.5 Å². The lowest BCUT2D eigenvalue weighted by atomic mass is 10.2. The molecule has 0 saturated heterocycles. The number of nitrogens with two attached hydrogens (primary N) is 1. The van der Waals surface area contributed by atoms with Crippen LogP contribution >= 0.6 is 12.2 Å². The molecule has 0 atom stereocenters. The van der Waals surface area contributed by atoms with Gasteiger partial charge in [-0.1, -0.05) is 18.2 Å². The highest BCUT2D eigenvalue weighted by Gasteiger charge is 2.18. The molecule has 0 aliphatic heterocycles. The van der Waals surface area contributed by atoms with Crippen LogP contribution in [0.4, 0.5) is 11.4 Å². The summed E-state index contributed by atoms with van der Waals surface area (Å²) < 4.78 is 6.34. The molecule has 4 N–H and O–H groups in total. The molecule has 0 spiro atoms. The minimum absolute atomic E-state index is 0.171. The Morgan fingerprint density at radius 1 is 1.20 bits per heavy atom. The Balaban J connectivity index is 1.81. The van der Waals surface area contributed by atoms with Crippen molar-refractivity contribution in [2.45, 2.75) is 13.5 Å². The average Bonchev–Trinajstić information content (AvgIpc) is 2.98. The van der Waals surface area contributed by atoms with Crippen molar-refractivity contribution >= 4 is 51.5 Å². The fourth-order valence-electron chi connectivity index (χ4n) is 2.88. The summed E-state index contributed by atoms with van der Waals surface area (Å²) in [5, 5.41) is 21.3. The Morgan fingerprint density at radius 2 is 1.90 bits per heavy atom. The number of esters is 1. The number of nitrogens with one attached hydrogen (secondary N) is 1. The molecule has 3 rings (SSSR count). The second-order valence-electron chi connectivity index (χ2n) is 6.16. The number of carbonyl (C=O) groups excluding carboxylic acids is 2. The summed E-state index contributed by atoms with van der Waals surface area (Å²) in [6, 6.07) is 13.4. The molecule has 1 aromatic heterocycles. The highest BCUT2D eigenvalue weighted by molar-refractivity contribution is 7.80. The van der Waals surface area contributed by atoms with Gasteiger partial charge in [0.25, 0.3) is 0 Å². The van der Waals surface area contributed by atoms with Crippen molar-refractivity contribution in [1.29, 1.82) is 0 Å². The van der Waals surface area contributed by atoms with Crippen LogP contribution < -0.4 is 11.1 Å². The van der Waals surface area contributed by atoms with Crippen molar-refractivity contribution in [3.63, 3.8) is 0 Å². The van der Waals surface area contributed by atoms with E-state index in [0.29, 0.717) is 22.2 Å². The molecule has 0 aliphatic rings. The highest BCUT2D eigenvalue weighted by Crippen LogP contribution is 2.38. The number of hydrogen-bond donors (Lipinski definition) is 3. The van der Waals surface area contributed by atoms with E-state index in [1.165, 1.54) is 4.57 Å². The zero-order chi connectivity index (χ0) is 21.7. The number of ether oxygens (including phenoxy) is 1. The van der Waals surface area contributed by atoms with Crippen LogP contribution in [0.3, 0.4) is 0 Å². The fourth-order valence-corrected chi connectivity index (χ4v) is 2.92. The number of rotatable bonds is 6. The first-order chi connectivity index (χ1) is 14.4. The summed E-state index contributed by atoms with van der Waals surface area (Å²) in [5.74, 6) is -1.05. The maximum Gasteiger partial charge on any atom is 0.338 e. The van der Waals surface area contributed by atoms with Crippen LogP contribution in [-0.2, 0) is 16.1 Å². The van der Waals surface area contributed by atoms with Gasteiger partial charge in [0.15, 0.2) is 5.69 Å². The maximum absolute atomic E-state index is 12.5. The van der Waals surface area contributed by atoms with Crippen LogP contribution in [-0.4, -0.2) is 33.3 Å². The third kappa shape index (κ3) is 4.61. The molecule has 10 heteroatoms. The number of aromatic hydroxyl groups is 1.